The van der Waals surface area contributed by atoms with Gasteiger partial charge in [0.1, 0.15) is 5.82 Å². The number of pyridine rings is 1. The van der Waals surface area contributed by atoms with Crippen LogP contribution in [0.3, 0.4) is 0 Å². The Hall–Kier alpha value is -1.75. The van der Waals surface area contributed by atoms with Crippen LogP contribution in [0.15, 0.2) is 47.6 Å². The van der Waals surface area contributed by atoms with E-state index < -0.39 is 16.6 Å². The summed E-state index contributed by atoms with van der Waals surface area (Å²) in [6, 6.07) is 7.79. The highest BCUT2D eigenvalue weighted by Gasteiger charge is 2.07. The van der Waals surface area contributed by atoms with Crippen molar-refractivity contribution in [2.45, 2.75) is 10.6 Å². The molecule has 1 heterocycles. The zero-order chi connectivity index (χ0) is 12.3. The second-order valence-electron chi connectivity index (χ2n) is 3.53. The lowest BCUT2D eigenvalue weighted by Crippen LogP contribution is -1.99. The van der Waals surface area contributed by atoms with Crippen molar-refractivity contribution in [3.8, 4) is 0 Å². The molecule has 5 heteroatoms. The average molecular weight is 250 g/mol. The minimum atomic E-state index is -1.28. The van der Waals surface area contributed by atoms with E-state index in [1.165, 1.54) is 12.1 Å². The standard InChI is InChI=1S/C12H11FN2OS/c13-11-7-10(1-2-12(11)14)17(16)8-9-3-5-15-6-4-9/h1-7H,8,14H2. The van der Waals surface area contributed by atoms with Crippen molar-refractivity contribution in [2.24, 2.45) is 0 Å². The van der Waals surface area contributed by atoms with E-state index in [1.54, 1.807) is 30.6 Å². The summed E-state index contributed by atoms with van der Waals surface area (Å²) in [4.78, 5) is 4.31. The van der Waals surface area contributed by atoms with Crippen molar-refractivity contribution in [3.05, 3.63) is 54.1 Å². The number of rotatable bonds is 3. The van der Waals surface area contributed by atoms with Crippen LogP contribution in [0.4, 0.5) is 10.1 Å². The fourth-order valence-electron chi connectivity index (χ4n) is 1.36. The molecule has 0 radical (unpaired) electrons. The van der Waals surface area contributed by atoms with Gasteiger partial charge < -0.3 is 5.73 Å². The van der Waals surface area contributed by atoms with Gasteiger partial charge in [-0.25, -0.2) is 4.39 Å². The minimum Gasteiger partial charge on any atom is -0.396 e. The summed E-state index contributed by atoms with van der Waals surface area (Å²) in [5.41, 5.74) is 6.32. The molecule has 0 aliphatic carbocycles. The molecule has 0 spiro atoms. The molecule has 2 aromatic rings. The summed E-state index contributed by atoms with van der Waals surface area (Å²) < 4.78 is 25.2. The average Bonchev–Trinajstić information content (AvgIpc) is 2.34. The number of anilines is 1. The molecule has 88 valence electrons. The third-order valence-corrected chi connectivity index (χ3v) is 3.66. The molecule has 2 rings (SSSR count). The van der Waals surface area contributed by atoms with E-state index in [9.17, 15) is 8.60 Å². The Balaban J connectivity index is 2.18. The first-order valence-electron chi connectivity index (χ1n) is 4.99. The zero-order valence-electron chi connectivity index (χ0n) is 8.97. The van der Waals surface area contributed by atoms with E-state index in [-0.39, 0.29) is 5.69 Å². The van der Waals surface area contributed by atoms with Gasteiger partial charge in [0.2, 0.25) is 0 Å². The third kappa shape index (κ3) is 2.88. The smallest absolute Gasteiger partial charge is 0.147 e. The van der Waals surface area contributed by atoms with E-state index in [0.29, 0.717) is 10.6 Å². The maximum absolute atomic E-state index is 13.2. The number of benzene rings is 1. The summed E-state index contributed by atoms with van der Waals surface area (Å²) >= 11 is 0. The fraction of sp³-hybridized carbons (Fsp3) is 0.0833. The molecule has 0 saturated heterocycles. The van der Waals surface area contributed by atoms with Crippen LogP contribution in [-0.4, -0.2) is 9.19 Å². The van der Waals surface area contributed by atoms with Gasteiger partial charge in [-0.2, -0.15) is 0 Å². The largest absolute Gasteiger partial charge is 0.396 e. The van der Waals surface area contributed by atoms with Gasteiger partial charge in [0.25, 0.3) is 0 Å². The van der Waals surface area contributed by atoms with Gasteiger partial charge in [0, 0.05) is 17.3 Å². The normalized spacial score (nSPS) is 12.3. The van der Waals surface area contributed by atoms with E-state index in [2.05, 4.69) is 4.98 Å². The number of hydrogen-bond donors (Lipinski definition) is 1. The van der Waals surface area contributed by atoms with E-state index in [4.69, 9.17) is 5.73 Å². The summed E-state index contributed by atoms with van der Waals surface area (Å²) in [7, 11) is -1.28. The molecule has 0 saturated carbocycles. The van der Waals surface area contributed by atoms with Crippen LogP contribution in [0, 0.1) is 5.82 Å². The number of halogens is 1. The molecule has 2 N–H and O–H groups in total. The third-order valence-electron chi connectivity index (χ3n) is 2.28. The second kappa shape index (κ2) is 5.05. The van der Waals surface area contributed by atoms with Crippen LogP contribution in [0.2, 0.25) is 0 Å². The number of nitrogens with two attached hydrogens (primary N) is 1. The molecule has 0 fully saturated rings. The monoisotopic (exact) mass is 250 g/mol. The molecule has 1 aromatic heterocycles. The Morgan fingerprint density at radius 1 is 1.24 bits per heavy atom. The molecule has 1 atom stereocenters. The first kappa shape index (κ1) is 11.7. The maximum Gasteiger partial charge on any atom is 0.147 e. The van der Waals surface area contributed by atoms with Gasteiger partial charge >= 0.3 is 0 Å². The molecular formula is C12H11FN2OS. The van der Waals surface area contributed by atoms with Crippen LogP contribution in [0.1, 0.15) is 5.56 Å². The highest BCUT2D eigenvalue weighted by molar-refractivity contribution is 7.84. The molecule has 0 bridgehead atoms. The van der Waals surface area contributed by atoms with Gasteiger partial charge in [-0.05, 0) is 35.9 Å². The molecule has 0 aliphatic heterocycles. The van der Waals surface area contributed by atoms with E-state index in [0.717, 1.165) is 5.56 Å². The molecule has 0 amide bonds. The van der Waals surface area contributed by atoms with E-state index >= 15 is 0 Å². The zero-order valence-corrected chi connectivity index (χ0v) is 9.78. The highest BCUT2D eigenvalue weighted by Crippen LogP contribution is 2.17. The van der Waals surface area contributed by atoms with Gasteiger partial charge in [-0.1, -0.05) is 0 Å². The molecule has 1 unspecified atom stereocenters. The number of nitrogens with zero attached hydrogens (tertiary/aromatic N) is 1. The summed E-state index contributed by atoms with van der Waals surface area (Å²) in [6.07, 6.45) is 3.27. The van der Waals surface area contributed by atoms with Crippen molar-refractivity contribution in [1.29, 1.82) is 0 Å². The molecule has 0 aliphatic rings. The Kier molecular flexibility index (Phi) is 3.49. The van der Waals surface area contributed by atoms with Crippen molar-refractivity contribution in [3.63, 3.8) is 0 Å². The van der Waals surface area contributed by atoms with E-state index in [1.807, 2.05) is 0 Å². The Morgan fingerprint density at radius 2 is 1.94 bits per heavy atom. The van der Waals surface area contributed by atoms with Crippen LogP contribution in [0.25, 0.3) is 0 Å². The first-order valence-corrected chi connectivity index (χ1v) is 6.31. The number of hydrogen-bond acceptors (Lipinski definition) is 3. The second-order valence-corrected chi connectivity index (χ2v) is 4.98. The summed E-state index contributed by atoms with van der Waals surface area (Å²) in [5.74, 6) is -0.197. The summed E-state index contributed by atoms with van der Waals surface area (Å²) in [6.45, 7) is 0. The fourth-order valence-corrected chi connectivity index (χ4v) is 2.48. The van der Waals surface area contributed by atoms with Gasteiger partial charge in [0.15, 0.2) is 0 Å². The van der Waals surface area contributed by atoms with Crippen molar-refractivity contribution >= 4 is 16.5 Å². The van der Waals surface area contributed by atoms with Gasteiger partial charge in [-0.15, -0.1) is 0 Å². The predicted octanol–water partition coefficient (Wildman–Crippen LogP) is 2.11. The quantitative estimate of drug-likeness (QED) is 0.849. The van der Waals surface area contributed by atoms with Crippen molar-refractivity contribution in [1.82, 2.24) is 4.98 Å². The van der Waals surface area contributed by atoms with Crippen LogP contribution < -0.4 is 5.73 Å². The first-order chi connectivity index (χ1) is 8.16. The maximum atomic E-state index is 13.2. The topological polar surface area (TPSA) is 56.0 Å². The Labute approximate surface area is 101 Å². The minimum absolute atomic E-state index is 0.0645. The molecule has 17 heavy (non-hydrogen) atoms. The number of nitrogen functional groups attached to an aromatic ring is 1. The predicted molar refractivity (Wildman–Crippen MR) is 65.2 cm³/mol. The lowest BCUT2D eigenvalue weighted by Gasteiger charge is -2.03. The molecule has 1 aromatic carbocycles. The van der Waals surface area contributed by atoms with Crippen molar-refractivity contribution in [2.75, 3.05) is 5.73 Å². The lowest BCUT2D eigenvalue weighted by molar-refractivity contribution is 0.627. The SMILES string of the molecule is Nc1ccc(S(=O)Cc2ccncc2)cc1F. The van der Waals surface area contributed by atoms with Gasteiger partial charge in [0.05, 0.1) is 22.2 Å². The lowest BCUT2D eigenvalue weighted by atomic mass is 10.3. The van der Waals surface area contributed by atoms with Crippen LogP contribution in [-0.2, 0) is 16.6 Å². The Morgan fingerprint density at radius 3 is 2.59 bits per heavy atom. The molecule has 3 nitrogen and oxygen atoms in total. The van der Waals surface area contributed by atoms with Crippen LogP contribution in [0.5, 0.6) is 0 Å². The Bertz CT molecular complexity index is 545. The van der Waals surface area contributed by atoms with Crippen LogP contribution >= 0.6 is 0 Å². The van der Waals surface area contributed by atoms with Crippen molar-refractivity contribution < 1.29 is 8.60 Å². The summed E-state index contributed by atoms with van der Waals surface area (Å²) in [5, 5.41) is 0. The van der Waals surface area contributed by atoms with Gasteiger partial charge in [-0.3, -0.25) is 9.19 Å². The number of aromatic nitrogens is 1. The highest BCUT2D eigenvalue weighted by atomic mass is 32.2. The molecular weight excluding hydrogens is 239 g/mol.